The van der Waals surface area contributed by atoms with Gasteiger partial charge in [-0.1, -0.05) is 59.7 Å². The lowest BCUT2D eigenvalue weighted by Gasteiger charge is -2.12. The number of hydrogen-bond donors (Lipinski definition) is 1. The van der Waals surface area contributed by atoms with Crippen LogP contribution in [0.4, 0.5) is 0 Å². The SMILES string of the molecule is Cc1cc(C)c(-c2ccc3c(c2)[nH]c2cc(-c4c(C)cc(C)cc4C)ccc23)c(C)c1. The van der Waals surface area contributed by atoms with Gasteiger partial charge in [0.1, 0.15) is 0 Å². The van der Waals surface area contributed by atoms with Crippen molar-refractivity contribution in [1.82, 2.24) is 4.98 Å². The van der Waals surface area contributed by atoms with E-state index in [2.05, 4.69) is 107 Å². The van der Waals surface area contributed by atoms with Gasteiger partial charge in [-0.05, 0) is 98.2 Å². The maximum Gasteiger partial charge on any atom is 0.0471 e. The lowest BCUT2D eigenvalue weighted by Crippen LogP contribution is -1.90. The Morgan fingerprint density at radius 3 is 1.16 bits per heavy atom. The molecule has 0 saturated carbocycles. The molecule has 1 N–H and O–H groups in total. The first-order valence-electron chi connectivity index (χ1n) is 11.0. The molecule has 0 saturated heterocycles. The largest absolute Gasteiger partial charge is 0.354 e. The molecule has 0 bridgehead atoms. The normalized spacial score (nSPS) is 11.5. The highest BCUT2D eigenvalue weighted by Crippen LogP contribution is 2.36. The molecule has 1 heteroatoms. The summed E-state index contributed by atoms with van der Waals surface area (Å²) in [5.41, 5.74) is 15.6. The summed E-state index contributed by atoms with van der Waals surface area (Å²) in [5.74, 6) is 0. The summed E-state index contributed by atoms with van der Waals surface area (Å²) in [4.78, 5) is 3.70. The number of fused-ring (bicyclic) bond motifs is 3. The van der Waals surface area contributed by atoms with Crippen LogP contribution in [0.15, 0.2) is 60.7 Å². The first-order valence-corrected chi connectivity index (χ1v) is 11.0. The Balaban J connectivity index is 1.68. The molecule has 0 aliphatic carbocycles. The smallest absolute Gasteiger partial charge is 0.0471 e. The molecule has 31 heavy (non-hydrogen) atoms. The van der Waals surface area contributed by atoms with Gasteiger partial charge in [0, 0.05) is 21.8 Å². The topological polar surface area (TPSA) is 15.8 Å². The molecule has 1 aromatic heterocycles. The van der Waals surface area contributed by atoms with Crippen LogP contribution in [0.25, 0.3) is 44.1 Å². The quantitative estimate of drug-likeness (QED) is 0.304. The van der Waals surface area contributed by atoms with E-state index in [0.29, 0.717) is 0 Å². The van der Waals surface area contributed by atoms with Gasteiger partial charge < -0.3 is 4.98 Å². The van der Waals surface area contributed by atoms with Gasteiger partial charge in [-0.3, -0.25) is 0 Å². The molecule has 0 unspecified atom stereocenters. The Morgan fingerprint density at radius 1 is 0.452 bits per heavy atom. The van der Waals surface area contributed by atoms with Crippen molar-refractivity contribution in [2.45, 2.75) is 41.5 Å². The summed E-state index contributed by atoms with van der Waals surface area (Å²) >= 11 is 0. The van der Waals surface area contributed by atoms with Crippen molar-refractivity contribution in [3.8, 4) is 22.3 Å². The van der Waals surface area contributed by atoms with E-state index in [0.717, 1.165) is 0 Å². The van der Waals surface area contributed by atoms with E-state index >= 15 is 0 Å². The summed E-state index contributed by atoms with van der Waals surface area (Å²) in [6.07, 6.45) is 0. The Morgan fingerprint density at radius 2 is 0.806 bits per heavy atom. The molecule has 0 atom stereocenters. The molecule has 0 spiro atoms. The summed E-state index contributed by atoms with van der Waals surface area (Å²) in [6.45, 7) is 13.2. The molecule has 5 rings (SSSR count). The molecule has 1 nitrogen and oxygen atoms in total. The van der Waals surface area contributed by atoms with Crippen molar-refractivity contribution in [2.24, 2.45) is 0 Å². The van der Waals surface area contributed by atoms with Crippen LogP contribution in [0.2, 0.25) is 0 Å². The third kappa shape index (κ3) is 3.25. The fourth-order valence-electron chi connectivity index (χ4n) is 5.49. The van der Waals surface area contributed by atoms with Crippen LogP contribution in [0, 0.1) is 41.5 Å². The molecule has 0 amide bonds. The molecule has 0 fully saturated rings. The standard InChI is InChI=1S/C30H29N/c1-17-11-19(3)29(20(4)12-17)23-7-9-25-26-10-8-24(16-28(26)31-27(25)15-23)30-21(5)13-18(2)14-22(30)6/h7-16,31H,1-6H3. The monoisotopic (exact) mass is 403 g/mol. The van der Waals surface area contributed by atoms with Crippen LogP contribution in [-0.2, 0) is 0 Å². The first kappa shape index (κ1) is 19.6. The highest BCUT2D eigenvalue weighted by molar-refractivity contribution is 6.09. The van der Waals surface area contributed by atoms with E-state index in [-0.39, 0.29) is 0 Å². The molecule has 0 aliphatic heterocycles. The predicted molar refractivity (Wildman–Crippen MR) is 135 cm³/mol. The number of aromatic amines is 1. The fourth-order valence-corrected chi connectivity index (χ4v) is 5.49. The summed E-state index contributed by atoms with van der Waals surface area (Å²) < 4.78 is 0. The van der Waals surface area contributed by atoms with Gasteiger partial charge in [0.25, 0.3) is 0 Å². The van der Waals surface area contributed by atoms with E-state index < -0.39 is 0 Å². The molecule has 0 aliphatic rings. The van der Waals surface area contributed by atoms with Crippen LogP contribution in [0.5, 0.6) is 0 Å². The predicted octanol–water partition coefficient (Wildman–Crippen LogP) is 8.51. The zero-order chi connectivity index (χ0) is 21.9. The van der Waals surface area contributed by atoms with E-state index in [1.807, 2.05) is 0 Å². The number of rotatable bonds is 2. The molecule has 0 radical (unpaired) electrons. The van der Waals surface area contributed by atoms with Crippen molar-refractivity contribution >= 4 is 21.8 Å². The molecular formula is C30H29N. The van der Waals surface area contributed by atoms with Gasteiger partial charge in [-0.2, -0.15) is 0 Å². The maximum atomic E-state index is 3.70. The molecule has 154 valence electrons. The van der Waals surface area contributed by atoms with Gasteiger partial charge in [0.05, 0.1) is 0 Å². The van der Waals surface area contributed by atoms with Crippen LogP contribution in [0.1, 0.15) is 33.4 Å². The van der Waals surface area contributed by atoms with Gasteiger partial charge in [-0.15, -0.1) is 0 Å². The third-order valence-electron chi connectivity index (χ3n) is 6.53. The summed E-state index contributed by atoms with van der Waals surface area (Å²) in [6, 6.07) is 22.8. The van der Waals surface area contributed by atoms with E-state index in [1.165, 1.54) is 77.4 Å². The Labute approximate surface area is 184 Å². The maximum absolute atomic E-state index is 3.70. The molecular weight excluding hydrogens is 374 g/mol. The minimum Gasteiger partial charge on any atom is -0.354 e. The van der Waals surface area contributed by atoms with Gasteiger partial charge in [0.15, 0.2) is 0 Å². The Bertz CT molecular complexity index is 1320. The van der Waals surface area contributed by atoms with E-state index in [9.17, 15) is 0 Å². The highest BCUT2D eigenvalue weighted by atomic mass is 14.7. The molecule has 4 aromatic carbocycles. The number of benzene rings is 4. The lowest BCUT2D eigenvalue weighted by atomic mass is 9.92. The number of aryl methyl sites for hydroxylation is 6. The van der Waals surface area contributed by atoms with Gasteiger partial charge in [-0.25, -0.2) is 0 Å². The van der Waals surface area contributed by atoms with Crippen molar-refractivity contribution in [3.63, 3.8) is 0 Å². The van der Waals surface area contributed by atoms with Crippen molar-refractivity contribution < 1.29 is 0 Å². The third-order valence-corrected chi connectivity index (χ3v) is 6.53. The lowest BCUT2D eigenvalue weighted by molar-refractivity contribution is 1.32. The minimum absolute atomic E-state index is 1.20. The fraction of sp³-hybridized carbons (Fsp3) is 0.200. The molecule has 5 aromatic rings. The summed E-state index contributed by atoms with van der Waals surface area (Å²) in [7, 11) is 0. The number of H-pyrrole nitrogens is 1. The zero-order valence-electron chi connectivity index (χ0n) is 19.3. The van der Waals surface area contributed by atoms with Crippen molar-refractivity contribution in [3.05, 3.63) is 94.0 Å². The van der Waals surface area contributed by atoms with Crippen LogP contribution >= 0.6 is 0 Å². The zero-order valence-corrected chi connectivity index (χ0v) is 19.3. The highest BCUT2D eigenvalue weighted by Gasteiger charge is 2.12. The first-order chi connectivity index (χ1) is 14.8. The summed E-state index contributed by atoms with van der Waals surface area (Å²) in [5, 5.41) is 2.56. The second kappa shape index (κ2) is 7.13. The van der Waals surface area contributed by atoms with E-state index in [4.69, 9.17) is 0 Å². The van der Waals surface area contributed by atoms with Gasteiger partial charge in [0.2, 0.25) is 0 Å². The van der Waals surface area contributed by atoms with Crippen molar-refractivity contribution in [1.29, 1.82) is 0 Å². The van der Waals surface area contributed by atoms with Crippen molar-refractivity contribution in [2.75, 3.05) is 0 Å². The Hall–Kier alpha value is -3.32. The number of aromatic nitrogens is 1. The van der Waals surface area contributed by atoms with Crippen LogP contribution < -0.4 is 0 Å². The Kier molecular flexibility index (Phi) is 4.51. The number of nitrogens with one attached hydrogen (secondary N) is 1. The average Bonchev–Trinajstić information content (AvgIpc) is 3.03. The number of hydrogen-bond acceptors (Lipinski definition) is 0. The molecule has 1 heterocycles. The minimum atomic E-state index is 1.20. The van der Waals surface area contributed by atoms with E-state index in [1.54, 1.807) is 0 Å². The van der Waals surface area contributed by atoms with Crippen LogP contribution in [-0.4, -0.2) is 4.98 Å². The van der Waals surface area contributed by atoms with Crippen LogP contribution in [0.3, 0.4) is 0 Å². The second-order valence-corrected chi connectivity index (χ2v) is 9.19. The van der Waals surface area contributed by atoms with Gasteiger partial charge >= 0.3 is 0 Å². The second-order valence-electron chi connectivity index (χ2n) is 9.19. The average molecular weight is 404 g/mol.